The predicted octanol–water partition coefficient (Wildman–Crippen LogP) is 12.7. The first-order valence-corrected chi connectivity index (χ1v) is 15.7. The first-order chi connectivity index (χ1) is 16.4. The Bertz CT molecular complexity index is 377. The van der Waals surface area contributed by atoms with Gasteiger partial charge in [-0.2, -0.15) is 0 Å². The number of hydrogen-bond acceptors (Lipinski definition) is 0. The molecule has 0 bridgehead atoms. The largest absolute Gasteiger partial charge is 0.0885 e. The SMILES string of the molecule is CCCCCCCC=CCCCCCCCCCCCCCCC=CCCCCCCCC. The van der Waals surface area contributed by atoms with Crippen molar-refractivity contribution < 1.29 is 0 Å². The molecule has 0 nitrogen and oxygen atoms in total. The lowest BCUT2D eigenvalue weighted by molar-refractivity contribution is 0.542. The fourth-order valence-electron chi connectivity index (χ4n) is 4.67. The minimum absolute atomic E-state index is 1.31. The molecule has 33 heavy (non-hydrogen) atoms. The van der Waals surface area contributed by atoms with Gasteiger partial charge in [0.2, 0.25) is 0 Å². The first kappa shape index (κ1) is 32.5. The highest BCUT2D eigenvalue weighted by atomic mass is 14.0. The van der Waals surface area contributed by atoms with Crippen molar-refractivity contribution in [3.8, 4) is 0 Å². The van der Waals surface area contributed by atoms with E-state index in [1.807, 2.05) is 0 Å². The van der Waals surface area contributed by atoms with E-state index in [1.54, 1.807) is 0 Å². The van der Waals surface area contributed by atoms with Gasteiger partial charge in [0, 0.05) is 0 Å². The van der Waals surface area contributed by atoms with E-state index in [9.17, 15) is 0 Å². The average molecular weight is 461 g/mol. The molecule has 0 aromatic rings. The van der Waals surface area contributed by atoms with E-state index in [1.165, 1.54) is 173 Å². The van der Waals surface area contributed by atoms with Crippen LogP contribution in [0.15, 0.2) is 24.3 Å². The van der Waals surface area contributed by atoms with Gasteiger partial charge in [-0.15, -0.1) is 0 Å². The van der Waals surface area contributed by atoms with Crippen LogP contribution in [0.3, 0.4) is 0 Å². The van der Waals surface area contributed by atoms with Crippen molar-refractivity contribution in [3.05, 3.63) is 24.3 Å². The summed E-state index contributed by atoms with van der Waals surface area (Å²) in [6.07, 6.45) is 47.9. The molecule has 0 aromatic carbocycles. The predicted molar refractivity (Wildman–Crippen MR) is 154 cm³/mol. The van der Waals surface area contributed by atoms with E-state index in [4.69, 9.17) is 0 Å². The lowest BCUT2D eigenvalue weighted by atomic mass is 10.0. The van der Waals surface area contributed by atoms with Gasteiger partial charge in [-0.05, 0) is 51.4 Å². The van der Waals surface area contributed by atoms with Crippen LogP contribution in [-0.2, 0) is 0 Å². The van der Waals surface area contributed by atoms with Crippen LogP contribution >= 0.6 is 0 Å². The summed E-state index contributed by atoms with van der Waals surface area (Å²) in [6.45, 7) is 4.59. The highest BCUT2D eigenvalue weighted by molar-refractivity contribution is 4.82. The molecule has 0 saturated heterocycles. The van der Waals surface area contributed by atoms with E-state index in [2.05, 4.69) is 38.2 Å². The van der Waals surface area contributed by atoms with Crippen LogP contribution in [0.25, 0.3) is 0 Å². The Balaban J connectivity index is 3.09. The van der Waals surface area contributed by atoms with Crippen molar-refractivity contribution in [2.24, 2.45) is 0 Å². The van der Waals surface area contributed by atoms with Crippen molar-refractivity contribution in [1.82, 2.24) is 0 Å². The minimum Gasteiger partial charge on any atom is -0.0885 e. The molecule has 0 atom stereocenters. The lowest BCUT2D eigenvalue weighted by Crippen LogP contribution is -1.83. The van der Waals surface area contributed by atoms with E-state index in [-0.39, 0.29) is 0 Å². The van der Waals surface area contributed by atoms with Crippen LogP contribution in [0.4, 0.5) is 0 Å². The first-order valence-electron chi connectivity index (χ1n) is 15.7. The number of unbranched alkanes of at least 4 members (excludes halogenated alkanes) is 24. The van der Waals surface area contributed by atoms with Crippen molar-refractivity contribution in [2.75, 3.05) is 0 Å². The molecule has 0 saturated carbocycles. The molecule has 0 radical (unpaired) electrons. The third-order valence-corrected chi connectivity index (χ3v) is 7.02. The molecule has 0 fully saturated rings. The number of hydrogen-bond donors (Lipinski definition) is 0. The molecule has 0 heteroatoms. The number of rotatable bonds is 28. The van der Waals surface area contributed by atoms with Crippen molar-refractivity contribution >= 4 is 0 Å². The maximum absolute atomic E-state index is 2.44. The molecule has 196 valence electrons. The topological polar surface area (TPSA) is 0 Å². The zero-order valence-corrected chi connectivity index (χ0v) is 23.4. The molecule has 0 aliphatic rings. The third-order valence-electron chi connectivity index (χ3n) is 7.02. The Morgan fingerprint density at radius 3 is 0.636 bits per heavy atom. The van der Waals surface area contributed by atoms with Gasteiger partial charge in [0.15, 0.2) is 0 Å². The van der Waals surface area contributed by atoms with Gasteiger partial charge in [0.05, 0.1) is 0 Å². The molecule has 0 N–H and O–H groups in total. The Morgan fingerprint density at radius 1 is 0.242 bits per heavy atom. The average Bonchev–Trinajstić information content (AvgIpc) is 2.83. The second-order valence-electron chi connectivity index (χ2n) is 10.5. The van der Waals surface area contributed by atoms with Crippen LogP contribution in [0, 0.1) is 0 Å². The second kappa shape index (κ2) is 31.5. The maximum atomic E-state index is 2.44. The number of allylic oxidation sites excluding steroid dienone is 4. The Kier molecular flexibility index (Phi) is 31.0. The fraction of sp³-hybridized carbons (Fsp3) is 0.879. The second-order valence-corrected chi connectivity index (χ2v) is 10.5. The molecule has 0 spiro atoms. The summed E-state index contributed by atoms with van der Waals surface area (Å²) in [5.41, 5.74) is 0. The smallest absolute Gasteiger partial charge is 0.0351 e. The minimum atomic E-state index is 1.31. The molecular weight excluding hydrogens is 396 g/mol. The summed E-state index contributed by atoms with van der Waals surface area (Å²) >= 11 is 0. The van der Waals surface area contributed by atoms with Gasteiger partial charge >= 0.3 is 0 Å². The van der Waals surface area contributed by atoms with Crippen LogP contribution in [-0.4, -0.2) is 0 Å². The molecule has 0 unspecified atom stereocenters. The van der Waals surface area contributed by atoms with Crippen molar-refractivity contribution in [1.29, 1.82) is 0 Å². The molecule has 0 aliphatic heterocycles. The van der Waals surface area contributed by atoms with Crippen LogP contribution in [0.2, 0.25) is 0 Å². The van der Waals surface area contributed by atoms with Gasteiger partial charge < -0.3 is 0 Å². The van der Waals surface area contributed by atoms with Crippen LogP contribution in [0.1, 0.15) is 187 Å². The van der Waals surface area contributed by atoms with Gasteiger partial charge in [0.25, 0.3) is 0 Å². The molecule has 0 aliphatic carbocycles. The Morgan fingerprint density at radius 2 is 0.424 bits per heavy atom. The van der Waals surface area contributed by atoms with Crippen LogP contribution < -0.4 is 0 Å². The third kappa shape index (κ3) is 31.5. The molecular formula is C33H64. The molecule has 0 aromatic heterocycles. The molecule has 0 heterocycles. The van der Waals surface area contributed by atoms with Gasteiger partial charge in [0.1, 0.15) is 0 Å². The van der Waals surface area contributed by atoms with Crippen LogP contribution in [0.5, 0.6) is 0 Å². The maximum Gasteiger partial charge on any atom is -0.0351 e. The fourth-order valence-corrected chi connectivity index (χ4v) is 4.67. The van der Waals surface area contributed by atoms with Gasteiger partial charge in [-0.3, -0.25) is 0 Å². The molecule has 0 rings (SSSR count). The normalized spacial score (nSPS) is 11.9. The quantitative estimate of drug-likeness (QED) is 0.0804. The van der Waals surface area contributed by atoms with Crippen molar-refractivity contribution in [2.45, 2.75) is 187 Å². The Hall–Kier alpha value is -0.520. The van der Waals surface area contributed by atoms with Gasteiger partial charge in [-0.25, -0.2) is 0 Å². The van der Waals surface area contributed by atoms with E-state index < -0.39 is 0 Å². The van der Waals surface area contributed by atoms with Crippen molar-refractivity contribution in [3.63, 3.8) is 0 Å². The van der Waals surface area contributed by atoms with Gasteiger partial charge in [-0.1, -0.05) is 160 Å². The highest BCUT2D eigenvalue weighted by Crippen LogP contribution is 2.14. The zero-order chi connectivity index (χ0) is 23.9. The summed E-state index contributed by atoms with van der Waals surface area (Å²) in [5.74, 6) is 0. The Labute approximate surface area is 211 Å². The summed E-state index contributed by atoms with van der Waals surface area (Å²) in [6, 6.07) is 0. The summed E-state index contributed by atoms with van der Waals surface area (Å²) in [7, 11) is 0. The highest BCUT2D eigenvalue weighted by Gasteiger charge is 1.94. The standard InChI is InChI=1S/C33H64/c1-3-5-7-9-11-13-15-17-19-21-23-25-27-29-31-33-32-30-28-26-24-22-20-18-16-14-12-10-8-6-4-2/h15,17-18,20H,3-14,16,19,21-33H2,1-2H3. The van der Waals surface area contributed by atoms with E-state index in [0.29, 0.717) is 0 Å². The summed E-state index contributed by atoms with van der Waals surface area (Å²) < 4.78 is 0. The van der Waals surface area contributed by atoms with E-state index >= 15 is 0 Å². The summed E-state index contributed by atoms with van der Waals surface area (Å²) in [4.78, 5) is 0. The summed E-state index contributed by atoms with van der Waals surface area (Å²) in [5, 5.41) is 0. The monoisotopic (exact) mass is 461 g/mol. The lowest BCUT2D eigenvalue weighted by Gasteiger charge is -2.02. The van der Waals surface area contributed by atoms with E-state index in [0.717, 1.165) is 0 Å². The molecule has 0 amide bonds. The zero-order valence-electron chi connectivity index (χ0n) is 23.4.